The summed E-state index contributed by atoms with van der Waals surface area (Å²) in [6.45, 7) is 1.25. The molecule has 3 heterocycles. The molecule has 3 aromatic rings. The molecule has 142 valence electrons. The lowest BCUT2D eigenvalue weighted by atomic mass is 10.0. The summed E-state index contributed by atoms with van der Waals surface area (Å²) in [5, 5.41) is 10.4. The van der Waals surface area contributed by atoms with Crippen molar-refractivity contribution in [3.63, 3.8) is 0 Å². The number of benzene rings is 1. The number of nitrogens with zero attached hydrogens (tertiary/aromatic N) is 3. The molecule has 1 amide bonds. The highest BCUT2D eigenvalue weighted by atomic mass is 16.5. The van der Waals surface area contributed by atoms with Gasteiger partial charge in [-0.05, 0) is 41.8 Å². The number of fused-ring (bicyclic) bond motifs is 1. The van der Waals surface area contributed by atoms with Crippen LogP contribution in [0.1, 0.15) is 17.5 Å². The number of hydrogen-bond acceptors (Lipinski definition) is 5. The number of phenols is 1. The van der Waals surface area contributed by atoms with Crippen LogP contribution in [-0.2, 0) is 17.8 Å². The van der Waals surface area contributed by atoms with E-state index in [9.17, 15) is 9.90 Å². The predicted octanol–water partition coefficient (Wildman–Crippen LogP) is 3.20. The largest absolute Gasteiger partial charge is 0.504 e. The number of rotatable bonds is 4. The van der Waals surface area contributed by atoms with Crippen molar-refractivity contribution in [1.82, 2.24) is 14.9 Å². The van der Waals surface area contributed by atoms with Crippen molar-refractivity contribution in [3.05, 3.63) is 72.3 Å². The van der Waals surface area contributed by atoms with Crippen molar-refractivity contribution < 1.29 is 14.6 Å². The summed E-state index contributed by atoms with van der Waals surface area (Å²) in [5.41, 5.74) is 3.59. The van der Waals surface area contributed by atoms with Crippen molar-refractivity contribution in [1.29, 1.82) is 0 Å². The molecule has 28 heavy (non-hydrogen) atoms. The number of ether oxygens (including phenoxy) is 1. The third kappa shape index (κ3) is 3.96. The van der Waals surface area contributed by atoms with E-state index in [2.05, 4.69) is 9.97 Å². The lowest BCUT2D eigenvalue weighted by molar-refractivity contribution is -0.131. The van der Waals surface area contributed by atoms with Crippen LogP contribution in [-0.4, -0.2) is 39.0 Å². The predicted molar refractivity (Wildman–Crippen MR) is 105 cm³/mol. The maximum Gasteiger partial charge on any atom is 0.223 e. The smallest absolute Gasteiger partial charge is 0.223 e. The molecule has 1 aliphatic heterocycles. The summed E-state index contributed by atoms with van der Waals surface area (Å²) >= 11 is 0. The van der Waals surface area contributed by atoms with Crippen molar-refractivity contribution in [2.75, 3.05) is 13.2 Å². The number of pyridine rings is 2. The molecule has 1 N–H and O–H groups in total. The number of carbonyl (C=O) groups excluding carboxylic acids is 1. The summed E-state index contributed by atoms with van der Waals surface area (Å²) in [7, 11) is 0. The van der Waals surface area contributed by atoms with Gasteiger partial charge in [0.2, 0.25) is 5.91 Å². The van der Waals surface area contributed by atoms with Crippen molar-refractivity contribution in [2.45, 2.75) is 19.4 Å². The number of phenolic OH excluding ortho intramolecular Hbond substituents is 1. The van der Waals surface area contributed by atoms with Gasteiger partial charge in [-0.1, -0.05) is 12.1 Å². The van der Waals surface area contributed by atoms with E-state index < -0.39 is 0 Å². The van der Waals surface area contributed by atoms with Crippen LogP contribution in [0, 0.1) is 0 Å². The topological polar surface area (TPSA) is 75.6 Å². The van der Waals surface area contributed by atoms with Gasteiger partial charge >= 0.3 is 0 Å². The Hall–Kier alpha value is -3.41. The first-order valence-electron chi connectivity index (χ1n) is 9.26. The summed E-state index contributed by atoms with van der Waals surface area (Å²) in [6, 6.07) is 11.3. The molecule has 0 bridgehead atoms. The van der Waals surface area contributed by atoms with E-state index >= 15 is 0 Å². The van der Waals surface area contributed by atoms with E-state index in [4.69, 9.17) is 4.74 Å². The van der Waals surface area contributed by atoms with Gasteiger partial charge in [0.1, 0.15) is 6.61 Å². The lowest BCUT2D eigenvalue weighted by Crippen LogP contribution is -2.32. The van der Waals surface area contributed by atoms with Crippen LogP contribution in [0.5, 0.6) is 11.5 Å². The SMILES string of the molecule is O=C(CCc1cccnc1)N1CCOc2c(O)cc(-c3cccnc3)cc2C1. The Balaban J connectivity index is 1.53. The van der Waals surface area contributed by atoms with Crippen LogP contribution in [0.2, 0.25) is 0 Å². The number of amides is 1. The van der Waals surface area contributed by atoms with E-state index in [0.29, 0.717) is 38.3 Å². The fourth-order valence-corrected chi connectivity index (χ4v) is 3.37. The molecule has 4 rings (SSSR count). The maximum atomic E-state index is 12.8. The normalized spacial score (nSPS) is 13.4. The maximum absolute atomic E-state index is 12.8. The quantitative estimate of drug-likeness (QED) is 0.758. The summed E-state index contributed by atoms with van der Waals surface area (Å²) < 4.78 is 5.74. The average Bonchev–Trinajstić information content (AvgIpc) is 2.96. The van der Waals surface area contributed by atoms with Gasteiger partial charge in [-0.25, -0.2) is 0 Å². The highest BCUT2D eigenvalue weighted by Crippen LogP contribution is 2.37. The van der Waals surface area contributed by atoms with E-state index in [1.165, 1.54) is 0 Å². The molecule has 0 fully saturated rings. The average molecular weight is 375 g/mol. The molecule has 0 atom stereocenters. The minimum Gasteiger partial charge on any atom is -0.504 e. The van der Waals surface area contributed by atoms with Gasteiger partial charge in [0.15, 0.2) is 11.5 Å². The first kappa shape index (κ1) is 18.0. The zero-order valence-corrected chi connectivity index (χ0v) is 15.4. The molecule has 0 radical (unpaired) electrons. The third-order valence-corrected chi connectivity index (χ3v) is 4.81. The molecule has 0 spiro atoms. The number of carbonyl (C=O) groups is 1. The van der Waals surface area contributed by atoms with Gasteiger partial charge in [-0.2, -0.15) is 0 Å². The monoisotopic (exact) mass is 375 g/mol. The van der Waals surface area contributed by atoms with Gasteiger partial charge in [0.25, 0.3) is 0 Å². The Bertz CT molecular complexity index is 962. The number of aryl methyl sites for hydroxylation is 1. The molecule has 0 aliphatic carbocycles. The fourth-order valence-electron chi connectivity index (χ4n) is 3.37. The Morgan fingerprint density at radius 3 is 2.68 bits per heavy atom. The molecule has 0 unspecified atom stereocenters. The van der Waals surface area contributed by atoms with Crippen molar-refractivity contribution in [3.8, 4) is 22.6 Å². The highest BCUT2D eigenvalue weighted by molar-refractivity contribution is 5.77. The summed E-state index contributed by atoms with van der Waals surface area (Å²) in [4.78, 5) is 22.8. The van der Waals surface area contributed by atoms with Crippen LogP contribution in [0.15, 0.2) is 61.2 Å². The molecule has 2 aromatic heterocycles. The van der Waals surface area contributed by atoms with Crippen molar-refractivity contribution in [2.24, 2.45) is 0 Å². The van der Waals surface area contributed by atoms with E-state index in [0.717, 1.165) is 22.3 Å². The minimum atomic E-state index is 0.0616. The van der Waals surface area contributed by atoms with Crippen molar-refractivity contribution >= 4 is 5.91 Å². The molecule has 1 aromatic carbocycles. The second kappa shape index (κ2) is 8.08. The minimum absolute atomic E-state index is 0.0616. The van der Waals surface area contributed by atoms with Crippen LogP contribution >= 0.6 is 0 Å². The zero-order chi connectivity index (χ0) is 19.3. The Morgan fingerprint density at radius 1 is 1.11 bits per heavy atom. The van der Waals surface area contributed by atoms with Crippen LogP contribution in [0.3, 0.4) is 0 Å². The Morgan fingerprint density at radius 2 is 1.93 bits per heavy atom. The Kier molecular flexibility index (Phi) is 5.19. The lowest BCUT2D eigenvalue weighted by Gasteiger charge is -2.20. The molecular formula is C22H21N3O3. The molecule has 0 saturated carbocycles. The third-order valence-electron chi connectivity index (χ3n) is 4.81. The summed E-state index contributed by atoms with van der Waals surface area (Å²) in [6.07, 6.45) is 8.02. The molecular weight excluding hydrogens is 354 g/mol. The van der Waals surface area contributed by atoms with Crippen LogP contribution < -0.4 is 4.74 Å². The fraction of sp³-hybridized carbons (Fsp3) is 0.227. The molecule has 0 saturated heterocycles. The number of aromatic nitrogens is 2. The standard InChI is InChI=1S/C22H21N3O3/c26-20-12-18(17-4-2-8-24-14-17)11-19-15-25(9-10-28-22(19)20)21(27)6-5-16-3-1-7-23-13-16/h1-4,7-8,11-14,26H,5-6,9-10,15H2. The first-order valence-corrected chi connectivity index (χ1v) is 9.26. The van der Waals surface area contributed by atoms with E-state index in [1.807, 2.05) is 30.3 Å². The second-order valence-electron chi connectivity index (χ2n) is 6.75. The zero-order valence-electron chi connectivity index (χ0n) is 15.4. The van der Waals surface area contributed by atoms with Crippen LogP contribution in [0.4, 0.5) is 0 Å². The molecule has 6 nitrogen and oxygen atoms in total. The van der Waals surface area contributed by atoms with Gasteiger partial charge < -0.3 is 14.7 Å². The van der Waals surface area contributed by atoms with Gasteiger partial charge in [-0.3, -0.25) is 14.8 Å². The summed E-state index contributed by atoms with van der Waals surface area (Å²) in [5.74, 6) is 0.600. The van der Waals surface area contributed by atoms with Crippen LogP contribution in [0.25, 0.3) is 11.1 Å². The van der Waals surface area contributed by atoms with E-state index in [1.54, 1.807) is 35.8 Å². The van der Waals surface area contributed by atoms with Gasteiger partial charge in [0, 0.05) is 48.9 Å². The molecule has 1 aliphatic rings. The number of hydrogen-bond donors (Lipinski definition) is 1. The Labute approximate surface area is 163 Å². The molecule has 6 heteroatoms. The number of aromatic hydroxyl groups is 1. The highest BCUT2D eigenvalue weighted by Gasteiger charge is 2.22. The van der Waals surface area contributed by atoms with Gasteiger partial charge in [-0.15, -0.1) is 0 Å². The van der Waals surface area contributed by atoms with Gasteiger partial charge in [0.05, 0.1) is 6.54 Å². The van der Waals surface area contributed by atoms with E-state index in [-0.39, 0.29) is 11.7 Å². The second-order valence-corrected chi connectivity index (χ2v) is 6.75. The first-order chi connectivity index (χ1) is 13.7.